The maximum Gasteiger partial charge on any atom is 0.347 e. The molecule has 128 valence electrons. The lowest BCUT2D eigenvalue weighted by Crippen LogP contribution is -2.34. The van der Waals surface area contributed by atoms with Crippen molar-refractivity contribution in [3.8, 4) is 0 Å². The quantitative estimate of drug-likeness (QED) is 0.455. The van der Waals surface area contributed by atoms with Crippen molar-refractivity contribution in [2.45, 2.75) is 64.0 Å². The molecule has 6 nitrogen and oxygen atoms in total. The second kappa shape index (κ2) is 8.04. The van der Waals surface area contributed by atoms with Gasteiger partial charge in [-0.25, -0.2) is 23.5 Å². The molecule has 0 aliphatic carbocycles. The van der Waals surface area contributed by atoms with E-state index in [-0.39, 0.29) is 17.4 Å². The van der Waals surface area contributed by atoms with Crippen LogP contribution in [-0.2, 0) is 7.05 Å². The fourth-order valence-electron chi connectivity index (χ4n) is 3.14. The number of hydrogen-bond acceptors (Lipinski definition) is 3. The first kappa shape index (κ1) is 17.4. The van der Waals surface area contributed by atoms with Crippen molar-refractivity contribution in [3.63, 3.8) is 0 Å². The molecule has 0 spiro atoms. The summed E-state index contributed by atoms with van der Waals surface area (Å²) in [7, 11) is 1.49. The Hall–Kier alpha value is -1.98. The highest BCUT2D eigenvalue weighted by molar-refractivity contribution is 5.10. The molecule has 0 saturated carbocycles. The highest BCUT2D eigenvalue weighted by atomic mass is 16.2. The van der Waals surface area contributed by atoms with E-state index in [1.165, 1.54) is 48.2 Å². The van der Waals surface area contributed by atoms with E-state index in [1.807, 2.05) is 12.2 Å². The van der Waals surface area contributed by atoms with E-state index in [1.54, 1.807) is 0 Å². The molecule has 0 radical (unpaired) electrons. The first-order chi connectivity index (χ1) is 11.1. The first-order valence-electron chi connectivity index (χ1n) is 8.51. The molecule has 1 aromatic heterocycles. The van der Waals surface area contributed by atoms with Crippen molar-refractivity contribution in [3.05, 3.63) is 45.5 Å². The van der Waals surface area contributed by atoms with Gasteiger partial charge in [-0.15, -0.1) is 0 Å². The summed E-state index contributed by atoms with van der Waals surface area (Å²) in [5, 5.41) is 9.00. The molecule has 0 amide bonds. The van der Waals surface area contributed by atoms with Crippen molar-refractivity contribution in [1.29, 1.82) is 0 Å². The third kappa shape index (κ3) is 3.68. The summed E-state index contributed by atoms with van der Waals surface area (Å²) in [6, 6.07) is -0.506. The van der Waals surface area contributed by atoms with Crippen LogP contribution in [0.3, 0.4) is 0 Å². The number of unbranched alkanes of at least 4 members (excludes halogenated alkanes) is 5. The number of allylic oxidation sites excluding steroid dienone is 3. The van der Waals surface area contributed by atoms with Gasteiger partial charge in [0.25, 0.3) is 0 Å². The maximum absolute atomic E-state index is 12.4. The smallest absolute Gasteiger partial charge is 0.347 e. The van der Waals surface area contributed by atoms with Crippen LogP contribution in [0.1, 0.15) is 64.0 Å². The fraction of sp³-hybridized carbons (Fsp3) is 0.647. The summed E-state index contributed by atoms with van der Waals surface area (Å²) in [4.78, 5) is 24.6. The molecule has 23 heavy (non-hydrogen) atoms. The topological polar surface area (TPSA) is 69.2 Å². The monoisotopic (exact) mass is 321 g/mol. The Morgan fingerprint density at radius 1 is 1.04 bits per heavy atom. The minimum atomic E-state index is -0.415. The van der Waals surface area contributed by atoms with Gasteiger partial charge < -0.3 is 5.11 Å². The van der Waals surface area contributed by atoms with Crippen molar-refractivity contribution >= 4 is 0 Å². The van der Waals surface area contributed by atoms with Gasteiger partial charge in [-0.1, -0.05) is 57.6 Å². The Bertz CT molecular complexity index is 678. The van der Waals surface area contributed by atoms with Gasteiger partial charge in [-0.2, -0.15) is 0 Å². The number of fused-ring (bicyclic) bond motifs is 1. The van der Waals surface area contributed by atoms with Crippen molar-refractivity contribution in [2.24, 2.45) is 7.05 Å². The zero-order chi connectivity index (χ0) is 16.8. The highest BCUT2D eigenvalue weighted by Gasteiger charge is 2.26. The van der Waals surface area contributed by atoms with Crippen LogP contribution in [-0.4, -0.2) is 19.0 Å². The Morgan fingerprint density at radius 2 is 1.70 bits per heavy atom. The molecule has 6 heteroatoms. The van der Waals surface area contributed by atoms with Crippen LogP contribution in [0.2, 0.25) is 0 Å². The number of aliphatic hydroxyl groups excluding tert-OH is 1. The molecule has 2 unspecified atom stereocenters. The number of hydrogen-bond donors (Lipinski definition) is 1. The van der Waals surface area contributed by atoms with Crippen LogP contribution in [0.5, 0.6) is 0 Å². The molecule has 1 aliphatic heterocycles. The molecule has 2 rings (SSSR count). The molecular formula is C17H27N3O3. The fourth-order valence-corrected chi connectivity index (χ4v) is 3.14. The lowest BCUT2D eigenvalue weighted by atomic mass is 10.0. The van der Waals surface area contributed by atoms with Crippen LogP contribution in [0.4, 0.5) is 0 Å². The van der Waals surface area contributed by atoms with E-state index >= 15 is 0 Å². The summed E-state index contributed by atoms with van der Waals surface area (Å²) in [6.45, 7) is 2.20. The van der Waals surface area contributed by atoms with Crippen molar-refractivity contribution in [1.82, 2.24) is 13.9 Å². The lowest BCUT2D eigenvalue weighted by Gasteiger charge is -2.25. The largest absolute Gasteiger partial charge is 0.516 e. The van der Waals surface area contributed by atoms with E-state index in [4.69, 9.17) is 5.11 Å². The normalized spacial score (nSPS) is 20.3. The average molecular weight is 321 g/mol. The van der Waals surface area contributed by atoms with Crippen LogP contribution in [0.15, 0.2) is 34.1 Å². The Labute approximate surface area is 136 Å². The summed E-state index contributed by atoms with van der Waals surface area (Å²) < 4.78 is 4.08. The molecule has 0 aromatic carbocycles. The zero-order valence-electron chi connectivity index (χ0n) is 14.0. The second-order valence-corrected chi connectivity index (χ2v) is 6.15. The van der Waals surface area contributed by atoms with E-state index in [2.05, 4.69) is 6.92 Å². The van der Waals surface area contributed by atoms with Gasteiger partial charge in [0.1, 0.15) is 0 Å². The molecule has 2 atom stereocenters. The molecule has 1 N–H and O–H groups in total. The van der Waals surface area contributed by atoms with Gasteiger partial charge >= 0.3 is 11.4 Å². The lowest BCUT2D eigenvalue weighted by molar-refractivity contribution is 0.350. The average Bonchev–Trinajstić information content (AvgIpc) is 2.78. The maximum atomic E-state index is 12.4. The van der Waals surface area contributed by atoms with E-state index in [0.29, 0.717) is 0 Å². The van der Waals surface area contributed by atoms with E-state index in [0.717, 1.165) is 30.1 Å². The number of aliphatic hydroxyl groups is 1. The highest BCUT2D eigenvalue weighted by Crippen LogP contribution is 2.24. The van der Waals surface area contributed by atoms with Gasteiger partial charge in [0, 0.05) is 7.05 Å². The summed E-state index contributed by atoms with van der Waals surface area (Å²) >= 11 is 0. The Balaban J connectivity index is 2.12. The molecule has 1 aromatic rings. The van der Waals surface area contributed by atoms with Crippen LogP contribution in [0, 0.1) is 0 Å². The molecule has 2 heterocycles. The third-order valence-electron chi connectivity index (χ3n) is 4.46. The van der Waals surface area contributed by atoms with Crippen molar-refractivity contribution in [2.75, 3.05) is 0 Å². The van der Waals surface area contributed by atoms with Crippen LogP contribution >= 0.6 is 0 Å². The van der Waals surface area contributed by atoms with Crippen LogP contribution in [0.25, 0.3) is 0 Å². The number of aromatic nitrogens is 3. The molecule has 0 saturated heterocycles. The predicted octanol–water partition coefficient (Wildman–Crippen LogP) is 2.82. The SMILES string of the molecule is CCCCCCCCC1C=CC(/C=C/O)n2c(=O)n(C)c(=O)n21. The number of rotatable bonds is 8. The van der Waals surface area contributed by atoms with E-state index in [9.17, 15) is 9.59 Å². The second-order valence-electron chi connectivity index (χ2n) is 6.15. The van der Waals surface area contributed by atoms with Gasteiger partial charge in [-0.05, 0) is 12.5 Å². The van der Waals surface area contributed by atoms with Gasteiger partial charge in [0.15, 0.2) is 0 Å². The summed E-state index contributed by atoms with van der Waals surface area (Å²) in [6.07, 6.45) is 14.3. The van der Waals surface area contributed by atoms with Gasteiger partial charge in [0.2, 0.25) is 0 Å². The molecule has 1 aliphatic rings. The minimum Gasteiger partial charge on any atom is -0.516 e. The molecule has 0 bridgehead atoms. The Kier molecular flexibility index (Phi) is 6.07. The Morgan fingerprint density at radius 3 is 2.39 bits per heavy atom. The third-order valence-corrected chi connectivity index (χ3v) is 4.46. The van der Waals surface area contributed by atoms with Gasteiger partial charge in [-0.3, -0.25) is 0 Å². The van der Waals surface area contributed by atoms with Crippen molar-refractivity contribution < 1.29 is 5.11 Å². The van der Waals surface area contributed by atoms with E-state index < -0.39 is 6.04 Å². The standard InChI is InChI=1S/C17H27N3O3/c1-3-4-5-6-7-8-9-14-10-11-15(12-13-21)20-17(23)18(2)16(22)19(14)20/h10-15,21H,3-9H2,1-2H3/b13-12+. The summed E-state index contributed by atoms with van der Waals surface area (Å²) in [5.74, 6) is 0. The predicted molar refractivity (Wildman–Crippen MR) is 90.9 cm³/mol. The summed E-state index contributed by atoms with van der Waals surface area (Å²) in [5.41, 5.74) is -0.651. The van der Waals surface area contributed by atoms with Gasteiger partial charge in [0.05, 0.1) is 18.3 Å². The zero-order valence-corrected chi connectivity index (χ0v) is 14.0. The number of nitrogens with zero attached hydrogens (tertiary/aromatic N) is 3. The minimum absolute atomic E-state index is 0.0917. The first-order valence-corrected chi connectivity index (χ1v) is 8.51. The van der Waals surface area contributed by atoms with Crippen LogP contribution < -0.4 is 11.4 Å². The molecule has 0 fully saturated rings. The molecular weight excluding hydrogens is 294 g/mol.